The minimum Gasteiger partial charge on any atom is -0.328 e. The average Bonchev–Trinajstić information content (AvgIpc) is 2.68. The Labute approximate surface area is 167 Å². The first-order valence-electron chi connectivity index (χ1n) is 8.86. The molecule has 0 aromatic heterocycles. The summed E-state index contributed by atoms with van der Waals surface area (Å²) in [6.45, 7) is 2.83. The SMILES string of the molecule is CC(N)C1CCN(S(=O)(=O)c2ccccc2C(=O)c2ccccc2)CC1.Cl. The maximum Gasteiger partial charge on any atom is 0.243 e. The van der Waals surface area contributed by atoms with Crippen LogP contribution in [0.4, 0.5) is 0 Å². The zero-order chi connectivity index (χ0) is 18.7. The van der Waals surface area contributed by atoms with Gasteiger partial charge in [0.25, 0.3) is 0 Å². The van der Waals surface area contributed by atoms with E-state index in [0.717, 1.165) is 12.8 Å². The number of carbonyl (C=O) groups excluding carboxylic acids is 1. The van der Waals surface area contributed by atoms with Gasteiger partial charge in [-0.25, -0.2) is 8.42 Å². The minimum absolute atomic E-state index is 0. The third-order valence-electron chi connectivity index (χ3n) is 5.03. The number of halogens is 1. The van der Waals surface area contributed by atoms with Gasteiger partial charge in [-0.1, -0.05) is 42.5 Å². The fourth-order valence-corrected chi connectivity index (χ4v) is 5.06. The van der Waals surface area contributed by atoms with E-state index in [0.29, 0.717) is 24.6 Å². The summed E-state index contributed by atoms with van der Waals surface area (Å²) in [5.41, 5.74) is 6.64. The first-order chi connectivity index (χ1) is 12.4. The number of ketones is 1. The number of sulfonamides is 1. The first-order valence-corrected chi connectivity index (χ1v) is 10.3. The Kier molecular flexibility index (Phi) is 7.17. The highest BCUT2D eigenvalue weighted by molar-refractivity contribution is 7.89. The van der Waals surface area contributed by atoms with E-state index in [1.165, 1.54) is 10.4 Å². The smallest absolute Gasteiger partial charge is 0.243 e. The molecule has 1 aliphatic rings. The summed E-state index contributed by atoms with van der Waals surface area (Å²) in [6, 6.07) is 15.3. The molecule has 7 heteroatoms. The third-order valence-corrected chi connectivity index (χ3v) is 6.98. The number of benzene rings is 2. The molecule has 27 heavy (non-hydrogen) atoms. The second-order valence-electron chi connectivity index (χ2n) is 6.79. The van der Waals surface area contributed by atoms with E-state index in [1.54, 1.807) is 42.5 Å². The van der Waals surface area contributed by atoms with Crippen molar-refractivity contribution in [1.29, 1.82) is 0 Å². The Morgan fingerprint density at radius 3 is 2.19 bits per heavy atom. The highest BCUT2D eigenvalue weighted by atomic mass is 35.5. The molecule has 1 fully saturated rings. The van der Waals surface area contributed by atoms with Crippen LogP contribution in [0.2, 0.25) is 0 Å². The van der Waals surface area contributed by atoms with Gasteiger partial charge < -0.3 is 5.73 Å². The van der Waals surface area contributed by atoms with Crippen LogP contribution in [-0.4, -0.2) is 37.6 Å². The van der Waals surface area contributed by atoms with Crippen LogP contribution in [0.3, 0.4) is 0 Å². The number of hydrogen-bond acceptors (Lipinski definition) is 4. The molecule has 1 aliphatic heterocycles. The molecular formula is C20H25ClN2O3S. The normalized spacial score (nSPS) is 17.1. The molecule has 1 saturated heterocycles. The molecule has 2 aromatic carbocycles. The van der Waals surface area contributed by atoms with Crippen LogP contribution in [0.15, 0.2) is 59.5 Å². The van der Waals surface area contributed by atoms with E-state index in [-0.39, 0.29) is 34.7 Å². The molecule has 2 N–H and O–H groups in total. The maximum atomic E-state index is 13.2. The van der Waals surface area contributed by atoms with Gasteiger partial charge in [0, 0.05) is 30.3 Å². The van der Waals surface area contributed by atoms with E-state index in [9.17, 15) is 13.2 Å². The quantitative estimate of drug-likeness (QED) is 0.771. The van der Waals surface area contributed by atoms with Gasteiger partial charge in [0.15, 0.2) is 5.78 Å². The second-order valence-corrected chi connectivity index (χ2v) is 8.70. The van der Waals surface area contributed by atoms with E-state index in [2.05, 4.69) is 0 Å². The number of piperidine rings is 1. The van der Waals surface area contributed by atoms with Crippen molar-refractivity contribution in [3.8, 4) is 0 Å². The lowest BCUT2D eigenvalue weighted by molar-refractivity contribution is 0.103. The van der Waals surface area contributed by atoms with Gasteiger partial charge in [0.05, 0.1) is 4.90 Å². The Bertz CT molecular complexity index is 877. The van der Waals surface area contributed by atoms with E-state index in [1.807, 2.05) is 13.0 Å². The maximum absolute atomic E-state index is 13.2. The Morgan fingerprint density at radius 2 is 1.59 bits per heavy atom. The van der Waals surface area contributed by atoms with Crippen LogP contribution in [0.1, 0.15) is 35.7 Å². The van der Waals surface area contributed by atoms with Crippen LogP contribution in [-0.2, 0) is 10.0 Å². The molecule has 0 saturated carbocycles. The molecule has 3 rings (SSSR count). The zero-order valence-electron chi connectivity index (χ0n) is 15.2. The van der Waals surface area contributed by atoms with Crippen LogP contribution in [0.25, 0.3) is 0 Å². The molecule has 0 amide bonds. The average molecular weight is 409 g/mol. The Hall–Kier alpha value is -1.73. The molecule has 1 atom stereocenters. The minimum atomic E-state index is -3.72. The molecule has 2 aromatic rings. The highest BCUT2D eigenvalue weighted by Gasteiger charge is 2.33. The van der Waals surface area contributed by atoms with Gasteiger partial charge in [-0.3, -0.25) is 4.79 Å². The van der Waals surface area contributed by atoms with Crippen molar-refractivity contribution in [1.82, 2.24) is 4.31 Å². The van der Waals surface area contributed by atoms with Crippen molar-refractivity contribution in [2.75, 3.05) is 13.1 Å². The van der Waals surface area contributed by atoms with E-state index in [4.69, 9.17) is 5.73 Å². The number of nitrogens with zero attached hydrogens (tertiary/aromatic N) is 1. The van der Waals surface area contributed by atoms with Crippen molar-refractivity contribution in [2.24, 2.45) is 11.7 Å². The van der Waals surface area contributed by atoms with Crippen LogP contribution in [0, 0.1) is 5.92 Å². The predicted octanol–water partition coefficient (Wildman–Crippen LogP) is 3.09. The summed E-state index contributed by atoms with van der Waals surface area (Å²) in [5.74, 6) is 0.0536. The summed E-state index contributed by atoms with van der Waals surface area (Å²) >= 11 is 0. The van der Waals surface area contributed by atoms with Crippen molar-refractivity contribution in [2.45, 2.75) is 30.7 Å². The topological polar surface area (TPSA) is 80.5 Å². The Balaban J connectivity index is 0.00000261. The molecule has 0 bridgehead atoms. The van der Waals surface area contributed by atoms with Crippen LogP contribution < -0.4 is 5.73 Å². The summed E-state index contributed by atoms with van der Waals surface area (Å²) in [4.78, 5) is 12.9. The van der Waals surface area contributed by atoms with Gasteiger partial charge in [-0.05, 0) is 37.8 Å². The molecule has 0 radical (unpaired) electrons. The third kappa shape index (κ3) is 4.58. The number of nitrogens with two attached hydrogens (primary N) is 1. The van der Waals surface area contributed by atoms with Gasteiger partial charge in [-0.2, -0.15) is 4.31 Å². The zero-order valence-corrected chi connectivity index (χ0v) is 16.9. The van der Waals surface area contributed by atoms with Crippen molar-refractivity contribution < 1.29 is 13.2 Å². The van der Waals surface area contributed by atoms with Gasteiger partial charge in [-0.15, -0.1) is 12.4 Å². The molecule has 5 nitrogen and oxygen atoms in total. The summed E-state index contributed by atoms with van der Waals surface area (Å²) in [6.07, 6.45) is 1.48. The lowest BCUT2D eigenvalue weighted by atomic mass is 9.92. The van der Waals surface area contributed by atoms with E-state index < -0.39 is 10.0 Å². The first kappa shape index (κ1) is 21.6. The van der Waals surface area contributed by atoms with Gasteiger partial charge in [0.1, 0.15) is 0 Å². The molecule has 1 heterocycles. The predicted molar refractivity (Wildman–Crippen MR) is 109 cm³/mol. The fraction of sp³-hybridized carbons (Fsp3) is 0.350. The number of carbonyl (C=O) groups is 1. The number of hydrogen-bond donors (Lipinski definition) is 1. The van der Waals surface area contributed by atoms with Crippen LogP contribution >= 0.6 is 12.4 Å². The standard InChI is InChI=1S/C20H24N2O3S.ClH/c1-15(21)16-11-13-22(14-12-16)26(24,25)19-10-6-5-9-18(19)20(23)17-7-3-2-4-8-17;/h2-10,15-16H,11-14,21H2,1H3;1H. The second kappa shape index (κ2) is 8.97. The summed E-state index contributed by atoms with van der Waals surface area (Å²) in [7, 11) is -3.72. The summed E-state index contributed by atoms with van der Waals surface area (Å²) in [5, 5.41) is 0. The lowest BCUT2D eigenvalue weighted by Gasteiger charge is -2.33. The van der Waals surface area contributed by atoms with Crippen molar-refractivity contribution in [3.63, 3.8) is 0 Å². The van der Waals surface area contributed by atoms with Crippen molar-refractivity contribution in [3.05, 3.63) is 65.7 Å². The van der Waals surface area contributed by atoms with Gasteiger partial charge in [0.2, 0.25) is 10.0 Å². The monoisotopic (exact) mass is 408 g/mol. The molecule has 0 aliphatic carbocycles. The fourth-order valence-electron chi connectivity index (χ4n) is 3.41. The highest BCUT2D eigenvalue weighted by Crippen LogP contribution is 2.27. The van der Waals surface area contributed by atoms with Gasteiger partial charge >= 0.3 is 0 Å². The molecule has 146 valence electrons. The summed E-state index contributed by atoms with van der Waals surface area (Å²) < 4.78 is 27.8. The van der Waals surface area contributed by atoms with E-state index >= 15 is 0 Å². The lowest BCUT2D eigenvalue weighted by Crippen LogP contribution is -2.42. The number of rotatable bonds is 5. The molecule has 1 unspecified atom stereocenters. The molecule has 0 spiro atoms. The Morgan fingerprint density at radius 1 is 1.04 bits per heavy atom. The largest absolute Gasteiger partial charge is 0.328 e. The molecular weight excluding hydrogens is 384 g/mol. The van der Waals surface area contributed by atoms with Crippen LogP contribution in [0.5, 0.6) is 0 Å². The van der Waals surface area contributed by atoms with Crippen molar-refractivity contribution >= 4 is 28.2 Å².